The zero-order valence-corrected chi connectivity index (χ0v) is 10.7. The number of nitrogens with one attached hydrogen (secondary N) is 2. The number of anilines is 1. The minimum absolute atomic E-state index is 0.158. The zero-order chi connectivity index (χ0) is 13.1. The molecule has 0 aliphatic rings. The quantitative estimate of drug-likeness (QED) is 0.729. The molecule has 0 aliphatic carbocycles. The highest BCUT2D eigenvalue weighted by molar-refractivity contribution is 6.18. The van der Waals surface area contributed by atoms with Crippen LogP contribution in [-0.2, 0) is 0 Å². The first-order valence-corrected chi connectivity index (χ1v) is 6.12. The van der Waals surface area contributed by atoms with Crippen LogP contribution < -0.4 is 10.9 Å². The zero-order valence-electron chi connectivity index (χ0n) is 9.90. The standard InChI is InChI=1S/C12H14ClN3O2/c1-7-2-3-9-11(15-6-16-12(9)18)10(7)14-5-8(17)4-13/h2-3,6,8,14,17H,4-5H2,1H3,(H,15,16,18). The molecule has 6 heteroatoms. The van der Waals surface area contributed by atoms with Crippen LogP contribution in [0.2, 0.25) is 0 Å². The predicted octanol–water partition coefficient (Wildman–Crippen LogP) is 1.24. The molecule has 0 bridgehead atoms. The molecular weight excluding hydrogens is 254 g/mol. The van der Waals surface area contributed by atoms with E-state index in [0.29, 0.717) is 17.4 Å². The van der Waals surface area contributed by atoms with Crippen molar-refractivity contribution >= 4 is 28.2 Å². The maximum atomic E-state index is 11.6. The van der Waals surface area contributed by atoms with Crippen LogP contribution in [0.1, 0.15) is 5.56 Å². The predicted molar refractivity (Wildman–Crippen MR) is 72.3 cm³/mol. The van der Waals surface area contributed by atoms with Crippen LogP contribution in [0.3, 0.4) is 0 Å². The molecule has 96 valence electrons. The summed E-state index contributed by atoms with van der Waals surface area (Å²) < 4.78 is 0. The molecule has 0 aliphatic heterocycles. The Morgan fingerprint density at radius 2 is 2.33 bits per heavy atom. The Labute approximate surface area is 109 Å². The first-order valence-electron chi connectivity index (χ1n) is 5.58. The Hall–Kier alpha value is -1.59. The summed E-state index contributed by atoms with van der Waals surface area (Å²) in [6.07, 6.45) is 0.733. The number of hydrogen-bond acceptors (Lipinski definition) is 4. The van der Waals surface area contributed by atoms with Crippen molar-refractivity contribution in [1.82, 2.24) is 9.97 Å². The van der Waals surface area contributed by atoms with Crippen LogP contribution in [0.15, 0.2) is 23.3 Å². The molecular formula is C12H14ClN3O2. The Kier molecular flexibility index (Phi) is 3.84. The number of aliphatic hydroxyl groups is 1. The largest absolute Gasteiger partial charge is 0.390 e. The van der Waals surface area contributed by atoms with Crippen LogP contribution in [0.25, 0.3) is 10.9 Å². The van der Waals surface area contributed by atoms with E-state index in [9.17, 15) is 9.90 Å². The average molecular weight is 268 g/mol. The lowest BCUT2D eigenvalue weighted by Crippen LogP contribution is -2.21. The first-order chi connectivity index (χ1) is 8.63. The summed E-state index contributed by atoms with van der Waals surface area (Å²) in [4.78, 5) is 18.3. The van der Waals surface area contributed by atoms with E-state index in [-0.39, 0.29) is 11.4 Å². The third-order valence-electron chi connectivity index (χ3n) is 2.71. The lowest BCUT2D eigenvalue weighted by molar-refractivity contribution is 0.211. The molecule has 2 aromatic rings. The van der Waals surface area contributed by atoms with Gasteiger partial charge in [0.05, 0.1) is 29.4 Å². The van der Waals surface area contributed by atoms with Crippen molar-refractivity contribution in [2.24, 2.45) is 0 Å². The Bertz CT molecular complexity index is 612. The van der Waals surface area contributed by atoms with E-state index in [1.807, 2.05) is 13.0 Å². The van der Waals surface area contributed by atoms with Gasteiger partial charge in [0.25, 0.3) is 5.56 Å². The fourth-order valence-corrected chi connectivity index (χ4v) is 1.85. The summed E-state index contributed by atoms with van der Waals surface area (Å²) in [6, 6.07) is 3.58. The molecule has 0 saturated carbocycles. The second-order valence-corrected chi connectivity index (χ2v) is 4.38. The number of fused-ring (bicyclic) bond motifs is 1. The Morgan fingerprint density at radius 3 is 3.06 bits per heavy atom. The number of alkyl halides is 1. The van der Waals surface area contributed by atoms with Gasteiger partial charge in [-0.3, -0.25) is 4.79 Å². The number of aliphatic hydroxyl groups excluding tert-OH is 1. The SMILES string of the molecule is Cc1ccc2c(=O)[nH]cnc2c1NCC(O)CCl. The number of nitrogens with zero attached hydrogens (tertiary/aromatic N) is 1. The molecule has 1 aromatic heterocycles. The van der Waals surface area contributed by atoms with Gasteiger partial charge in [0.15, 0.2) is 0 Å². The van der Waals surface area contributed by atoms with Crippen LogP contribution in [0, 0.1) is 6.92 Å². The molecule has 1 aromatic carbocycles. The molecule has 0 fully saturated rings. The van der Waals surface area contributed by atoms with Crippen LogP contribution in [0.4, 0.5) is 5.69 Å². The van der Waals surface area contributed by atoms with Gasteiger partial charge in [-0.2, -0.15) is 0 Å². The third kappa shape index (κ3) is 2.47. The highest BCUT2D eigenvalue weighted by Crippen LogP contribution is 2.22. The van der Waals surface area contributed by atoms with E-state index in [1.54, 1.807) is 6.07 Å². The fourth-order valence-electron chi connectivity index (χ4n) is 1.74. The molecule has 1 heterocycles. The molecule has 0 amide bonds. The minimum Gasteiger partial charge on any atom is -0.390 e. The van der Waals surface area contributed by atoms with Crippen molar-refractivity contribution in [3.8, 4) is 0 Å². The lowest BCUT2D eigenvalue weighted by atomic mass is 10.1. The fraction of sp³-hybridized carbons (Fsp3) is 0.333. The summed E-state index contributed by atoms with van der Waals surface area (Å²) in [6.45, 7) is 2.23. The minimum atomic E-state index is -0.636. The van der Waals surface area contributed by atoms with Crippen molar-refractivity contribution in [2.45, 2.75) is 13.0 Å². The van der Waals surface area contributed by atoms with E-state index < -0.39 is 6.10 Å². The van der Waals surface area contributed by atoms with Crippen LogP contribution in [0.5, 0.6) is 0 Å². The maximum absolute atomic E-state index is 11.6. The van der Waals surface area contributed by atoms with Gasteiger partial charge in [-0.1, -0.05) is 6.07 Å². The molecule has 3 N–H and O–H groups in total. The number of rotatable bonds is 4. The molecule has 1 unspecified atom stereocenters. The van der Waals surface area contributed by atoms with Gasteiger partial charge in [0.1, 0.15) is 5.52 Å². The topological polar surface area (TPSA) is 78.0 Å². The smallest absolute Gasteiger partial charge is 0.258 e. The molecule has 1 atom stereocenters. The number of aromatic nitrogens is 2. The summed E-state index contributed by atoms with van der Waals surface area (Å²) in [5, 5.41) is 13.1. The van der Waals surface area contributed by atoms with Gasteiger partial charge >= 0.3 is 0 Å². The maximum Gasteiger partial charge on any atom is 0.258 e. The van der Waals surface area contributed by atoms with Gasteiger partial charge in [-0.15, -0.1) is 11.6 Å². The Morgan fingerprint density at radius 1 is 1.56 bits per heavy atom. The highest BCUT2D eigenvalue weighted by Gasteiger charge is 2.09. The van der Waals surface area contributed by atoms with E-state index in [1.165, 1.54) is 6.33 Å². The number of hydrogen-bond donors (Lipinski definition) is 3. The molecule has 0 spiro atoms. The second kappa shape index (κ2) is 5.37. The van der Waals surface area contributed by atoms with Gasteiger partial charge in [0.2, 0.25) is 0 Å². The van der Waals surface area contributed by atoms with Crippen molar-refractivity contribution in [1.29, 1.82) is 0 Å². The number of H-pyrrole nitrogens is 1. The summed E-state index contributed by atoms with van der Waals surface area (Å²) in [7, 11) is 0. The normalized spacial score (nSPS) is 12.6. The van der Waals surface area contributed by atoms with E-state index in [2.05, 4.69) is 15.3 Å². The van der Waals surface area contributed by atoms with E-state index in [0.717, 1.165) is 11.3 Å². The van der Waals surface area contributed by atoms with E-state index >= 15 is 0 Å². The van der Waals surface area contributed by atoms with Crippen LogP contribution >= 0.6 is 11.6 Å². The molecule has 18 heavy (non-hydrogen) atoms. The third-order valence-corrected chi connectivity index (χ3v) is 3.07. The number of halogens is 1. The summed E-state index contributed by atoms with van der Waals surface area (Å²) in [5.41, 5.74) is 2.13. The number of aryl methyl sites for hydroxylation is 1. The molecule has 0 radical (unpaired) electrons. The average Bonchev–Trinajstić information content (AvgIpc) is 2.37. The molecule has 5 nitrogen and oxygen atoms in total. The monoisotopic (exact) mass is 267 g/mol. The van der Waals surface area contributed by atoms with E-state index in [4.69, 9.17) is 11.6 Å². The second-order valence-electron chi connectivity index (χ2n) is 4.07. The first kappa shape index (κ1) is 12.9. The molecule has 2 rings (SSSR count). The highest BCUT2D eigenvalue weighted by atomic mass is 35.5. The Balaban J connectivity index is 2.45. The summed E-state index contributed by atoms with van der Waals surface area (Å²) in [5.74, 6) is 0.158. The van der Waals surface area contributed by atoms with Crippen molar-refractivity contribution in [2.75, 3.05) is 17.7 Å². The van der Waals surface area contributed by atoms with Gasteiger partial charge in [-0.05, 0) is 18.6 Å². The van der Waals surface area contributed by atoms with Gasteiger partial charge in [-0.25, -0.2) is 4.98 Å². The number of aromatic amines is 1. The summed E-state index contributed by atoms with van der Waals surface area (Å²) >= 11 is 5.54. The van der Waals surface area contributed by atoms with Crippen molar-refractivity contribution in [3.63, 3.8) is 0 Å². The lowest BCUT2D eigenvalue weighted by Gasteiger charge is -2.13. The van der Waals surface area contributed by atoms with Crippen molar-refractivity contribution in [3.05, 3.63) is 34.4 Å². The van der Waals surface area contributed by atoms with Gasteiger partial charge < -0.3 is 15.4 Å². The van der Waals surface area contributed by atoms with Crippen LogP contribution in [-0.4, -0.2) is 33.6 Å². The number of benzene rings is 1. The van der Waals surface area contributed by atoms with Crippen molar-refractivity contribution < 1.29 is 5.11 Å². The van der Waals surface area contributed by atoms with Gasteiger partial charge in [0, 0.05) is 6.54 Å². The molecule has 0 saturated heterocycles.